The maximum Gasteiger partial charge on any atom is 0.313 e. The molecule has 32 heavy (non-hydrogen) atoms. The molecule has 0 unspecified atom stereocenters. The number of aryl methyl sites for hydroxylation is 1. The van der Waals surface area contributed by atoms with Crippen LogP contribution in [-0.4, -0.2) is 49.9 Å². The minimum absolute atomic E-state index is 0.0760. The van der Waals surface area contributed by atoms with E-state index in [0.29, 0.717) is 12.2 Å². The Hall–Kier alpha value is -2.86. The Bertz CT molecular complexity index is 951. The predicted molar refractivity (Wildman–Crippen MR) is 129 cm³/mol. The van der Waals surface area contributed by atoms with Gasteiger partial charge in [-0.25, -0.2) is 0 Å². The lowest BCUT2D eigenvalue weighted by Gasteiger charge is -2.35. The molecule has 0 spiro atoms. The number of carbonyl (C=O) groups is 2. The number of likely N-dealkylation sites (N-methyl/N-ethyl adjacent to an activating group) is 1. The number of fused-ring (bicyclic) bond motifs is 1. The first kappa shape index (κ1) is 22.3. The van der Waals surface area contributed by atoms with Gasteiger partial charge in [0.2, 0.25) is 0 Å². The fraction of sp³-hybridized carbons (Fsp3) is 0.462. The minimum Gasteiger partial charge on any atom is -0.374 e. The number of piperidine rings is 1. The molecule has 2 amide bonds. The number of hydrogen-bond acceptors (Lipinski definition) is 4. The van der Waals surface area contributed by atoms with Crippen molar-refractivity contribution in [2.45, 2.75) is 45.1 Å². The molecule has 2 aromatic rings. The van der Waals surface area contributed by atoms with E-state index in [-0.39, 0.29) is 6.04 Å². The Morgan fingerprint density at radius 2 is 1.72 bits per heavy atom. The number of carbonyl (C=O) groups excluding carboxylic acids is 2. The molecule has 2 N–H and O–H groups in total. The number of anilines is 2. The summed E-state index contributed by atoms with van der Waals surface area (Å²) >= 11 is 0. The van der Waals surface area contributed by atoms with Gasteiger partial charge >= 0.3 is 11.8 Å². The normalized spacial score (nSPS) is 17.0. The summed E-state index contributed by atoms with van der Waals surface area (Å²) in [6, 6.07) is 14.3. The van der Waals surface area contributed by atoms with E-state index in [1.165, 1.54) is 41.6 Å². The van der Waals surface area contributed by atoms with Gasteiger partial charge in [-0.2, -0.15) is 0 Å². The van der Waals surface area contributed by atoms with Crippen LogP contribution in [0.1, 0.15) is 48.9 Å². The van der Waals surface area contributed by atoms with Crippen LogP contribution in [-0.2, 0) is 22.4 Å². The second-order valence-electron chi connectivity index (χ2n) is 8.89. The molecule has 0 saturated carbocycles. The van der Waals surface area contributed by atoms with Crippen molar-refractivity contribution in [2.24, 2.45) is 0 Å². The Labute approximate surface area is 191 Å². The zero-order valence-electron chi connectivity index (χ0n) is 19.2. The quantitative estimate of drug-likeness (QED) is 0.683. The average Bonchev–Trinajstić information content (AvgIpc) is 3.20. The van der Waals surface area contributed by atoms with Crippen molar-refractivity contribution in [3.63, 3.8) is 0 Å². The minimum atomic E-state index is -0.623. The third kappa shape index (κ3) is 5.13. The Morgan fingerprint density at radius 3 is 2.44 bits per heavy atom. The van der Waals surface area contributed by atoms with Gasteiger partial charge < -0.3 is 15.5 Å². The summed E-state index contributed by atoms with van der Waals surface area (Å²) in [6.45, 7) is 5.60. The van der Waals surface area contributed by atoms with Crippen LogP contribution >= 0.6 is 0 Å². The average molecular weight is 435 g/mol. The number of likely N-dealkylation sites (tertiary alicyclic amines) is 1. The lowest BCUT2D eigenvalue weighted by Crippen LogP contribution is -2.43. The Kier molecular flexibility index (Phi) is 7.10. The number of nitrogens with zero attached hydrogens (tertiary/aromatic N) is 2. The molecule has 0 aromatic heterocycles. The Morgan fingerprint density at radius 1 is 0.969 bits per heavy atom. The highest BCUT2D eigenvalue weighted by Gasteiger charge is 2.26. The lowest BCUT2D eigenvalue weighted by atomic mass is 9.98. The van der Waals surface area contributed by atoms with Crippen LogP contribution in [0.15, 0.2) is 42.5 Å². The van der Waals surface area contributed by atoms with Crippen molar-refractivity contribution >= 4 is 23.2 Å². The van der Waals surface area contributed by atoms with Crippen LogP contribution in [0.4, 0.5) is 11.4 Å². The molecule has 0 aliphatic carbocycles. The number of rotatable bonds is 6. The molecule has 170 valence electrons. The van der Waals surface area contributed by atoms with Crippen LogP contribution in [0, 0.1) is 0 Å². The van der Waals surface area contributed by atoms with Gasteiger partial charge in [0.1, 0.15) is 0 Å². The van der Waals surface area contributed by atoms with Crippen LogP contribution in [0.2, 0.25) is 0 Å². The van der Waals surface area contributed by atoms with E-state index in [9.17, 15) is 9.59 Å². The maximum atomic E-state index is 12.6. The van der Waals surface area contributed by atoms with Gasteiger partial charge in [-0.15, -0.1) is 0 Å². The number of amides is 2. The third-order valence-electron chi connectivity index (χ3n) is 6.73. The van der Waals surface area contributed by atoms with Crippen molar-refractivity contribution in [1.29, 1.82) is 0 Å². The van der Waals surface area contributed by atoms with E-state index in [0.717, 1.165) is 32.5 Å². The highest BCUT2D eigenvalue weighted by atomic mass is 16.2. The summed E-state index contributed by atoms with van der Waals surface area (Å²) in [5.74, 6) is -1.21. The van der Waals surface area contributed by atoms with Crippen molar-refractivity contribution in [3.05, 3.63) is 59.2 Å². The van der Waals surface area contributed by atoms with E-state index in [4.69, 9.17) is 0 Å². The van der Waals surface area contributed by atoms with E-state index in [2.05, 4.69) is 52.6 Å². The van der Waals surface area contributed by atoms with Gasteiger partial charge in [-0.3, -0.25) is 14.5 Å². The molecule has 1 atom stereocenters. The summed E-state index contributed by atoms with van der Waals surface area (Å²) in [7, 11) is 2.13. The van der Waals surface area contributed by atoms with E-state index < -0.39 is 11.8 Å². The van der Waals surface area contributed by atoms with Crippen LogP contribution < -0.4 is 15.5 Å². The van der Waals surface area contributed by atoms with Crippen molar-refractivity contribution in [2.75, 3.05) is 43.4 Å². The molecular weight excluding hydrogens is 400 g/mol. The molecule has 6 nitrogen and oxygen atoms in total. The summed E-state index contributed by atoms with van der Waals surface area (Å²) in [5, 5.41) is 5.60. The maximum absolute atomic E-state index is 12.6. The molecule has 0 radical (unpaired) electrons. The van der Waals surface area contributed by atoms with Crippen LogP contribution in [0.5, 0.6) is 0 Å². The van der Waals surface area contributed by atoms with Gasteiger partial charge in [-0.1, -0.05) is 37.6 Å². The van der Waals surface area contributed by atoms with Crippen molar-refractivity contribution < 1.29 is 9.59 Å². The highest BCUT2D eigenvalue weighted by molar-refractivity contribution is 6.39. The van der Waals surface area contributed by atoms with Gasteiger partial charge in [0, 0.05) is 31.5 Å². The predicted octanol–water partition coefficient (Wildman–Crippen LogP) is 3.52. The molecule has 2 aliphatic rings. The van der Waals surface area contributed by atoms with Crippen molar-refractivity contribution in [1.82, 2.24) is 10.2 Å². The molecule has 6 heteroatoms. The summed E-state index contributed by atoms with van der Waals surface area (Å²) < 4.78 is 0. The SMILES string of the molecule is CCc1ccc(NC(=O)C(=O)NC[C@@H](c2ccc3c(c2)CCN3C)N2CCCCC2)cc1. The molecule has 4 rings (SSSR count). The summed E-state index contributed by atoms with van der Waals surface area (Å²) in [5.41, 5.74) is 5.71. The number of hydrogen-bond donors (Lipinski definition) is 2. The first-order valence-electron chi connectivity index (χ1n) is 11.8. The topological polar surface area (TPSA) is 64.7 Å². The second-order valence-corrected chi connectivity index (χ2v) is 8.89. The van der Waals surface area contributed by atoms with E-state index in [1.807, 2.05) is 24.3 Å². The first-order chi connectivity index (χ1) is 15.5. The zero-order valence-corrected chi connectivity index (χ0v) is 19.2. The van der Waals surface area contributed by atoms with Crippen LogP contribution in [0.25, 0.3) is 0 Å². The fourth-order valence-corrected chi connectivity index (χ4v) is 4.76. The molecule has 0 bridgehead atoms. The largest absolute Gasteiger partial charge is 0.374 e. The Balaban J connectivity index is 1.42. The summed E-state index contributed by atoms with van der Waals surface area (Å²) in [6.07, 6.45) is 5.59. The standard InChI is InChI=1S/C26H34N4O2/c1-3-19-7-10-22(11-8-19)28-26(32)25(31)27-18-24(30-14-5-4-6-15-30)20-9-12-23-21(17-20)13-16-29(23)2/h7-12,17,24H,3-6,13-16,18H2,1-2H3,(H,27,31)(H,28,32)/t24-/m0/s1. The zero-order chi connectivity index (χ0) is 22.5. The molecular formula is C26H34N4O2. The fourth-order valence-electron chi connectivity index (χ4n) is 4.76. The van der Waals surface area contributed by atoms with Gasteiger partial charge in [0.25, 0.3) is 0 Å². The van der Waals surface area contributed by atoms with E-state index >= 15 is 0 Å². The smallest absolute Gasteiger partial charge is 0.313 e. The highest BCUT2D eigenvalue weighted by Crippen LogP contribution is 2.32. The molecule has 2 heterocycles. The molecule has 2 aromatic carbocycles. The van der Waals surface area contributed by atoms with Crippen molar-refractivity contribution in [3.8, 4) is 0 Å². The monoisotopic (exact) mass is 434 g/mol. The first-order valence-corrected chi connectivity index (χ1v) is 11.8. The molecule has 1 saturated heterocycles. The van der Waals surface area contributed by atoms with Crippen LogP contribution in [0.3, 0.4) is 0 Å². The lowest BCUT2D eigenvalue weighted by molar-refractivity contribution is -0.136. The van der Waals surface area contributed by atoms with E-state index in [1.54, 1.807) is 0 Å². The summed E-state index contributed by atoms with van der Waals surface area (Å²) in [4.78, 5) is 29.7. The second kappa shape index (κ2) is 10.2. The van der Waals surface area contributed by atoms with Gasteiger partial charge in [-0.05, 0) is 73.7 Å². The van der Waals surface area contributed by atoms with Gasteiger partial charge in [0.15, 0.2) is 0 Å². The number of nitrogens with one attached hydrogen (secondary N) is 2. The number of benzene rings is 2. The molecule has 2 aliphatic heterocycles. The third-order valence-corrected chi connectivity index (χ3v) is 6.73. The van der Waals surface area contributed by atoms with Gasteiger partial charge in [0.05, 0.1) is 6.04 Å². The molecule has 1 fully saturated rings.